The van der Waals surface area contributed by atoms with Crippen LogP contribution < -0.4 is 11.1 Å². The predicted octanol–water partition coefficient (Wildman–Crippen LogP) is 4.53. The zero-order valence-corrected chi connectivity index (χ0v) is 20.2. The summed E-state index contributed by atoms with van der Waals surface area (Å²) in [5.74, 6) is 0.715. The summed E-state index contributed by atoms with van der Waals surface area (Å²) < 4.78 is 11.1. The summed E-state index contributed by atoms with van der Waals surface area (Å²) in [6, 6.07) is 20.0. The van der Waals surface area contributed by atoms with Crippen molar-refractivity contribution in [2.45, 2.75) is 50.9 Å². The van der Waals surface area contributed by atoms with Crippen LogP contribution >= 0.6 is 0 Å². The molecule has 2 aromatic carbocycles. The first kappa shape index (κ1) is 23.6. The van der Waals surface area contributed by atoms with Gasteiger partial charge < -0.3 is 20.5 Å². The van der Waals surface area contributed by atoms with Crippen LogP contribution in [0.3, 0.4) is 0 Å². The second-order valence-corrected chi connectivity index (χ2v) is 9.93. The van der Waals surface area contributed by atoms with Crippen molar-refractivity contribution >= 4 is 11.7 Å². The van der Waals surface area contributed by atoms with Crippen molar-refractivity contribution in [2.75, 3.05) is 18.5 Å². The van der Waals surface area contributed by atoms with Gasteiger partial charge in [-0.1, -0.05) is 54.6 Å². The number of hydrogen-bond donors (Lipinski definition) is 2. The molecular weight excluding hydrogens is 440 g/mol. The number of anilines is 1. The number of aromatic nitrogens is 2. The summed E-state index contributed by atoms with van der Waals surface area (Å²) in [6.07, 6.45) is 2.59. The van der Waals surface area contributed by atoms with Gasteiger partial charge in [-0.3, -0.25) is 4.79 Å². The summed E-state index contributed by atoms with van der Waals surface area (Å²) >= 11 is 0. The van der Waals surface area contributed by atoms with Crippen molar-refractivity contribution in [3.8, 4) is 22.4 Å². The van der Waals surface area contributed by atoms with E-state index in [-0.39, 0.29) is 18.1 Å². The lowest BCUT2D eigenvalue weighted by molar-refractivity contribution is -0.119. The molecule has 2 aliphatic heterocycles. The molecule has 3 aromatic rings. The van der Waals surface area contributed by atoms with Crippen molar-refractivity contribution in [3.63, 3.8) is 0 Å². The molecule has 182 valence electrons. The van der Waals surface area contributed by atoms with Crippen LogP contribution in [0.25, 0.3) is 22.4 Å². The number of amides is 1. The lowest BCUT2D eigenvalue weighted by atomic mass is 9.88. The van der Waals surface area contributed by atoms with E-state index < -0.39 is 5.54 Å². The molecular formula is C28H32N4O3. The maximum Gasteiger partial charge on any atom is 0.225 e. The van der Waals surface area contributed by atoms with E-state index in [1.807, 2.05) is 60.7 Å². The molecule has 0 spiro atoms. The molecule has 7 heteroatoms. The van der Waals surface area contributed by atoms with Crippen molar-refractivity contribution in [1.82, 2.24) is 10.2 Å². The van der Waals surface area contributed by atoms with Crippen LogP contribution in [0.15, 0.2) is 60.7 Å². The summed E-state index contributed by atoms with van der Waals surface area (Å²) in [6.45, 7) is 5.19. The topological polar surface area (TPSA) is 99.4 Å². The Labute approximate surface area is 206 Å². The highest BCUT2D eigenvalue weighted by atomic mass is 16.5. The Bertz CT molecular complexity index is 1170. The summed E-state index contributed by atoms with van der Waals surface area (Å²) in [4.78, 5) is 12.8. The highest BCUT2D eigenvalue weighted by Crippen LogP contribution is 2.34. The minimum absolute atomic E-state index is 0.0438. The largest absolute Gasteiger partial charge is 0.377 e. The third kappa shape index (κ3) is 5.27. The molecule has 1 amide bonds. The van der Waals surface area contributed by atoms with E-state index in [9.17, 15) is 4.79 Å². The van der Waals surface area contributed by atoms with E-state index in [0.717, 1.165) is 40.8 Å². The quantitative estimate of drug-likeness (QED) is 0.547. The van der Waals surface area contributed by atoms with Crippen LogP contribution in [0.5, 0.6) is 0 Å². The molecule has 7 nitrogen and oxygen atoms in total. The van der Waals surface area contributed by atoms with Crippen molar-refractivity contribution in [1.29, 1.82) is 0 Å². The number of ether oxygens (including phenoxy) is 2. The van der Waals surface area contributed by atoms with Crippen LogP contribution in [-0.2, 0) is 19.8 Å². The fourth-order valence-electron chi connectivity index (χ4n) is 5.12. The predicted molar refractivity (Wildman–Crippen MR) is 136 cm³/mol. The zero-order chi connectivity index (χ0) is 24.4. The van der Waals surface area contributed by atoms with Crippen molar-refractivity contribution < 1.29 is 14.3 Å². The lowest BCUT2D eigenvalue weighted by Gasteiger charge is -2.38. The van der Waals surface area contributed by atoms with E-state index >= 15 is 0 Å². The second-order valence-electron chi connectivity index (χ2n) is 9.93. The molecule has 0 radical (unpaired) electrons. The van der Waals surface area contributed by atoms with Gasteiger partial charge >= 0.3 is 0 Å². The first-order valence-corrected chi connectivity index (χ1v) is 12.3. The van der Waals surface area contributed by atoms with E-state index in [4.69, 9.17) is 15.2 Å². The maximum absolute atomic E-state index is 12.8. The van der Waals surface area contributed by atoms with Gasteiger partial charge in [-0.05, 0) is 49.8 Å². The number of carbonyl (C=O) groups excluding carboxylic acids is 1. The Morgan fingerprint density at radius 3 is 2.31 bits per heavy atom. The highest BCUT2D eigenvalue weighted by molar-refractivity contribution is 5.91. The minimum Gasteiger partial charge on any atom is -0.377 e. The maximum atomic E-state index is 12.8. The molecule has 35 heavy (non-hydrogen) atoms. The van der Waals surface area contributed by atoms with E-state index in [1.165, 1.54) is 0 Å². The Morgan fingerprint density at radius 1 is 1.00 bits per heavy atom. The van der Waals surface area contributed by atoms with E-state index in [2.05, 4.69) is 29.4 Å². The van der Waals surface area contributed by atoms with Crippen molar-refractivity contribution in [2.24, 2.45) is 11.7 Å². The van der Waals surface area contributed by atoms with Gasteiger partial charge in [-0.2, -0.15) is 0 Å². The molecule has 1 aromatic heterocycles. The van der Waals surface area contributed by atoms with E-state index in [1.54, 1.807) is 0 Å². The molecule has 2 saturated heterocycles. The molecule has 0 aliphatic carbocycles. The van der Waals surface area contributed by atoms with Gasteiger partial charge in [0, 0.05) is 17.5 Å². The van der Waals surface area contributed by atoms with Crippen LogP contribution in [0.2, 0.25) is 0 Å². The molecule has 2 fully saturated rings. The summed E-state index contributed by atoms with van der Waals surface area (Å²) in [7, 11) is 0. The fourth-order valence-corrected chi connectivity index (χ4v) is 5.12. The molecule has 3 atom stereocenters. The number of carbonyl (C=O) groups is 1. The Hall–Kier alpha value is -3.13. The van der Waals surface area contributed by atoms with Crippen LogP contribution in [0.4, 0.5) is 5.82 Å². The number of hydrogen-bond acceptors (Lipinski definition) is 6. The van der Waals surface area contributed by atoms with Gasteiger partial charge in [0.25, 0.3) is 0 Å². The SMILES string of the molecule is C[C@@H]1CC(CC(=O)Nc2cc(-c3ccccc3)c(-c3ccc(C4(N)COC4)cc3)nn2)C[C@H](C)O1. The number of benzene rings is 2. The van der Waals surface area contributed by atoms with Gasteiger partial charge in [-0.25, -0.2) is 0 Å². The molecule has 5 rings (SSSR count). The van der Waals surface area contributed by atoms with Gasteiger partial charge in [0.15, 0.2) is 5.82 Å². The molecule has 3 heterocycles. The third-order valence-corrected chi connectivity index (χ3v) is 6.87. The Balaban J connectivity index is 1.39. The third-order valence-electron chi connectivity index (χ3n) is 6.87. The number of nitrogens with one attached hydrogen (secondary N) is 1. The standard InChI is InChI=1S/C28H32N4O3/c1-18-12-20(13-19(2)35-18)14-26(33)30-25-15-24(21-6-4-3-5-7-21)27(32-31-25)22-8-10-23(11-9-22)28(29)16-34-17-28/h3-11,15,18-20H,12-14,16-17,29H2,1-2H3,(H,30,31,33)/t18-,19+,20?. The lowest BCUT2D eigenvalue weighted by Crippen LogP contribution is -2.54. The van der Waals surface area contributed by atoms with Gasteiger partial charge in [0.2, 0.25) is 5.91 Å². The zero-order valence-electron chi connectivity index (χ0n) is 20.2. The minimum atomic E-state index is -0.416. The van der Waals surface area contributed by atoms with Gasteiger partial charge in [-0.15, -0.1) is 10.2 Å². The van der Waals surface area contributed by atoms with Gasteiger partial charge in [0.1, 0.15) is 5.69 Å². The first-order chi connectivity index (χ1) is 16.9. The molecule has 1 unspecified atom stereocenters. The summed E-state index contributed by atoms with van der Waals surface area (Å²) in [5.41, 5.74) is 10.6. The van der Waals surface area contributed by atoms with E-state index in [0.29, 0.717) is 31.4 Å². The van der Waals surface area contributed by atoms with Crippen molar-refractivity contribution in [3.05, 3.63) is 66.2 Å². The average molecular weight is 473 g/mol. The Morgan fingerprint density at radius 2 is 1.69 bits per heavy atom. The highest BCUT2D eigenvalue weighted by Gasteiger charge is 2.36. The monoisotopic (exact) mass is 472 g/mol. The molecule has 0 saturated carbocycles. The smallest absolute Gasteiger partial charge is 0.225 e. The first-order valence-electron chi connectivity index (χ1n) is 12.3. The number of rotatable bonds is 6. The second kappa shape index (κ2) is 9.85. The molecule has 0 bridgehead atoms. The Kier molecular flexibility index (Phi) is 6.65. The number of nitrogens with two attached hydrogens (primary N) is 1. The van der Waals surface area contributed by atoms with Crippen LogP contribution in [0.1, 0.15) is 38.7 Å². The van der Waals surface area contributed by atoms with Crippen LogP contribution in [-0.4, -0.2) is 41.5 Å². The summed E-state index contributed by atoms with van der Waals surface area (Å²) in [5, 5.41) is 11.9. The average Bonchev–Trinajstić information content (AvgIpc) is 2.82. The van der Waals surface area contributed by atoms with Crippen LogP contribution in [0, 0.1) is 5.92 Å². The van der Waals surface area contributed by atoms with Gasteiger partial charge in [0.05, 0.1) is 31.0 Å². The molecule has 2 aliphatic rings. The molecule has 3 N–H and O–H groups in total. The normalized spacial score (nSPS) is 23.3. The number of nitrogens with zero attached hydrogens (tertiary/aromatic N) is 2. The fraction of sp³-hybridized carbons (Fsp3) is 0.393.